The predicted octanol–water partition coefficient (Wildman–Crippen LogP) is 2.02. The largest absolute Gasteiger partial charge is 0.326 e. The SMILES string of the molecule is CCN(CC)CCCN(CC)CC(N)C(C)C. The molecule has 0 aliphatic carbocycles. The van der Waals surface area contributed by atoms with E-state index in [4.69, 9.17) is 5.73 Å². The Morgan fingerprint density at radius 2 is 1.35 bits per heavy atom. The highest BCUT2D eigenvalue weighted by Gasteiger charge is 2.12. The summed E-state index contributed by atoms with van der Waals surface area (Å²) in [7, 11) is 0. The number of rotatable bonds is 10. The normalized spacial score (nSPS) is 13.9. The van der Waals surface area contributed by atoms with Gasteiger partial charge in [-0.3, -0.25) is 0 Å². The van der Waals surface area contributed by atoms with Gasteiger partial charge in [0.2, 0.25) is 0 Å². The highest BCUT2D eigenvalue weighted by molar-refractivity contribution is 4.71. The molecule has 3 nitrogen and oxygen atoms in total. The van der Waals surface area contributed by atoms with E-state index in [1.165, 1.54) is 19.5 Å². The van der Waals surface area contributed by atoms with Crippen LogP contribution < -0.4 is 5.73 Å². The summed E-state index contributed by atoms with van der Waals surface area (Å²) < 4.78 is 0. The minimum absolute atomic E-state index is 0.309. The van der Waals surface area contributed by atoms with Crippen molar-refractivity contribution < 1.29 is 0 Å². The fraction of sp³-hybridized carbons (Fsp3) is 1.00. The van der Waals surface area contributed by atoms with E-state index in [-0.39, 0.29) is 0 Å². The zero-order valence-corrected chi connectivity index (χ0v) is 12.6. The van der Waals surface area contributed by atoms with Crippen molar-refractivity contribution in [3.05, 3.63) is 0 Å². The van der Waals surface area contributed by atoms with Crippen molar-refractivity contribution in [2.75, 3.05) is 39.3 Å². The number of nitrogens with two attached hydrogens (primary N) is 1. The molecule has 2 N–H and O–H groups in total. The number of nitrogens with zero attached hydrogens (tertiary/aromatic N) is 2. The topological polar surface area (TPSA) is 32.5 Å². The van der Waals surface area contributed by atoms with Gasteiger partial charge in [0, 0.05) is 12.6 Å². The molecule has 0 heterocycles. The van der Waals surface area contributed by atoms with Crippen molar-refractivity contribution in [1.29, 1.82) is 0 Å². The molecule has 104 valence electrons. The van der Waals surface area contributed by atoms with Crippen LogP contribution in [0.5, 0.6) is 0 Å². The minimum atomic E-state index is 0.309. The third-order valence-electron chi connectivity index (χ3n) is 3.62. The zero-order valence-electron chi connectivity index (χ0n) is 12.6. The van der Waals surface area contributed by atoms with Crippen molar-refractivity contribution in [3.63, 3.8) is 0 Å². The van der Waals surface area contributed by atoms with Crippen LogP contribution in [-0.4, -0.2) is 55.1 Å². The zero-order chi connectivity index (χ0) is 13.3. The molecule has 0 amide bonds. The molecule has 0 aliphatic rings. The highest BCUT2D eigenvalue weighted by atomic mass is 15.1. The van der Waals surface area contributed by atoms with E-state index in [9.17, 15) is 0 Å². The lowest BCUT2D eigenvalue weighted by Crippen LogP contribution is -2.41. The molecule has 0 bridgehead atoms. The Bertz CT molecular complexity index is 167. The maximum atomic E-state index is 6.12. The Labute approximate surface area is 108 Å². The average molecular weight is 243 g/mol. The molecule has 1 unspecified atom stereocenters. The van der Waals surface area contributed by atoms with Gasteiger partial charge in [0.05, 0.1) is 0 Å². The minimum Gasteiger partial charge on any atom is -0.326 e. The van der Waals surface area contributed by atoms with Crippen molar-refractivity contribution in [1.82, 2.24) is 9.80 Å². The third-order valence-corrected chi connectivity index (χ3v) is 3.62. The van der Waals surface area contributed by atoms with Gasteiger partial charge in [0.1, 0.15) is 0 Å². The van der Waals surface area contributed by atoms with E-state index < -0.39 is 0 Å². The van der Waals surface area contributed by atoms with E-state index >= 15 is 0 Å². The van der Waals surface area contributed by atoms with E-state index in [0.717, 1.165) is 26.2 Å². The summed E-state index contributed by atoms with van der Waals surface area (Å²) in [5.74, 6) is 0.576. The molecular weight excluding hydrogens is 210 g/mol. The summed E-state index contributed by atoms with van der Waals surface area (Å²) in [6, 6.07) is 0.309. The summed E-state index contributed by atoms with van der Waals surface area (Å²) in [5, 5.41) is 0. The van der Waals surface area contributed by atoms with Crippen molar-refractivity contribution in [3.8, 4) is 0 Å². The van der Waals surface area contributed by atoms with Crippen LogP contribution in [-0.2, 0) is 0 Å². The number of likely N-dealkylation sites (N-methyl/N-ethyl adjacent to an activating group) is 1. The molecule has 0 aliphatic heterocycles. The second-order valence-electron chi connectivity index (χ2n) is 5.18. The van der Waals surface area contributed by atoms with Crippen LogP contribution in [0.15, 0.2) is 0 Å². The molecule has 0 aromatic heterocycles. The van der Waals surface area contributed by atoms with E-state index in [1.807, 2.05) is 0 Å². The first-order chi connectivity index (χ1) is 8.04. The van der Waals surface area contributed by atoms with Gasteiger partial charge in [-0.25, -0.2) is 0 Å². The van der Waals surface area contributed by atoms with E-state index in [0.29, 0.717) is 12.0 Å². The Morgan fingerprint density at radius 3 is 1.76 bits per heavy atom. The van der Waals surface area contributed by atoms with Gasteiger partial charge in [-0.15, -0.1) is 0 Å². The first-order valence-corrected chi connectivity index (χ1v) is 7.25. The van der Waals surface area contributed by atoms with Gasteiger partial charge < -0.3 is 15.5 Å². The summed E-state index contributed by atoms with van der Waals surface area (Å²) >= 11 is 0. The van der Waals surface area contributed by atoms with Crippen LogP contribution in [0.4, 0.5) is 0 Å². The van der Waals surface area contributed by atoms with E-state index in [2.05, 4.69) is 44.4 Å². The van der Waals surface area contributed by atoms with Crippen LogP contribution in [0.25, 0.3) is 0 Å². The predicted molar refractivity (Wildman–Crippen MR) is 77.3 cm³/mol. The summed E-state index contributed by atoms with van der Waals surface area (Å²) in [4.78, 5) is 4.96. The van der Waals surface area contributed by atoms with E-state index in [1.54, 1.807) is 0 Å². The standard InChI is InChI=1S/C14H33N3/c1-6-16(7-2)10-9-11-17(8-3)12-14(15)13(4)5/h13-14H,6-12,15H2,1-5H3. The maximum absolute atomic E-state index is 6.12. The lowest BCUT2D eigenvalue weighted by Gasteiger charge is -2.27. The van der Waals surface area contributed by atoms with Gasteiger partial charge in [-0.05, 0) is 45.1 Å². The van der Waals surface area contributed by atoms with Crippen LogP contribution in [0, 0.1) is 5.92 Å². The molecule has 1 atom stereocenters. The number of hydrogen-bond donors (Lipinski definition) is 1. The molecular formula is C14H33N3. The number of hydrogen-bond acceptors (Lipinski definition) is 3. The fourth-order valence-electron chi connectivity index (χ4n) is 1.95. The molecule has 3 heteroatoms. The Kier molecular flexibility index (Phi) is 9.79. The molecule has 0 aromatic carbocycles. The molecule has 17 heavy (non-hydrogen) atoms. The first kappa shape index (κ1) is 16.9. The van der Waals surface area contributed by atoms with Gasteiger partial charge in [0.25, 0.3) is 0 Å². The third kappa shape index (κ3) is 7.74. The van der Waals surface area contributed by atoms with Gasteiger partial charge >= 0.3 is 0 Å². The van der Waals surface area contributed by atoms with Crippen molar-refractivity contribution in [2.45, 2.75) is 47.1 Å². The Morgan fingerprint density at radius 1 is 0.882 bits per heavy atom. The van der Waals surface area contributed by atoms with Gasteiger partial charge in [0.15, 0.2) is 0 Å². The molecule has 0 aromatic rings. The van der Waals surface area contributed by atoms with Crippen LogP contribution >= 0.6 is 0 Å². The molecule has 0 spiro atoms. The second-order valence-corrected chi connectivity index (χ2v) is 5.18. The van der Waals surface area contributed by atoms with Gasteiger partial charge in [-0.2, -0.15) is 0 Å². The molecule has 0 fully saturated rings. The summed E-state index contributed by atoms with van der Waals surface area (Å²) in [6.07, 6.45) is 1.25. The van der Waals surface area contributed by atoms with Crippen LogP contribution in [0.3, 0.4) is 0 Å². The first-order valence-electron chi connectivity index (χ1n) is 7.25. The molecule has 0 radical (unpaired) electrons. The lowest BCUT2D eigenvalue weighted by atomic mass is 10.1. The van der Waals surface area contributed by atoms with Crippen LogP contribution in [0.1, 0.15) is 41.0 Å². The Hall–Kier alpha value is -0.120. The molecule has 0 saturated heterocycles. The molecule has 0 saturated carbocycles. The fourth-order valence-corrected chi connectivity index (χ4v) is 1.95. The summed E-state index contributed by atoms with van der Waals surface area (Å²) in [5.41, 5.74) is 6.12. The van der Waals surface area contributed by atoms with Crippen molar-refractivity contribution in [2.24, 2.45) is 11.7 Å². The smallest absolute Gasteiger partial charge is 0.0191 e. The van der Waals surface area contributed by atoms with Crippen LogP contribution in [0.2, 0.25) is 0 Å². The monoisotopic (exact) mass is 243 g/mol. The second kappa shape index (κ2) is 9.86. The van der Waals surface area contributed by atoms with Gasteiger partial charge in [-0.1, -0.05) is 34.6 Å². The molecule has 0 rings (SSSR count). The average Bonchev–Trinajstić information content (AvgIpc) is 2.32. The Balaban J connectivity index is 3.82. The highest BCUT2D eigenvalue weighted by Crippen LogP contribution is 2.02. The van der Waals surface area contributed by atoms with Crippen molar-refractivity contribution >= 4 is 0 Å². The lowest BCUT2D eigenvalue weighted by molar-refractivity contribution is 0.222. The summed E-state index contributed by atoms with van der Waals surface area (Å²) in [6.45, 7) is 17.9. The quantitative estimate of drug-likeness (QED) is 0.637. The maximum Gasteiger partial charge on any atom is 0.0191 e.